The largest absolute Gasteiger partial charge is 0.424 e. The lowest BCUT2D eigenvalue weighted by Crippen LogP contribution is -2.03. The van der Waals surface area contributed by atoms with E-state index >= 15 is 0 Å². The molecule has 0 saturated carbocycles. The lowest BCUT2D eigenvalue weighted by atomic mass is 10.1. The number of carbonyl (C=O) groups is 2. The highest BCUT2D eigenvalue weighted by Gasteiger charge is 2.09. The minimum Gasteiger partial charge on any atom is -0.424 e. The average Bonchev–Trinajstić information content (AvgIpc) is 2.78. The average molecular weight is 308 g/mol. The molecule has 7 heteroatoms. The number of H-pyrrole nitrogens is 1. The van der Waals surface area contributed by atoms with Gasteiger partial charge in [-0.15, -0.1) is 0 Å². The van der Waals surface area contributed by atoms with E-state index in [0.717, 1.165) is 17.5 Å². The van der Waals surface area contributed by atoms with Gasteiger partial charge in [0.1, 0.15) is 0 Å². The van der Waals surface area contributed by atoms with E-state index in [-0.39, 0.29) is 10.9 Å². The van der Waals surface area contributed by atoms with Crippen molar-refractivity contribution < 1.29 is 18.7 Å². The molecule has 110 valence electrons. The molecular formula is C14H13FN2O3S. The maximum absolute atomic E-state index is 13.7. The van der Waals surface area contributed by atoms with Crippen molar-refractivity contribution in [3.05, 3.63) is 41.5 Å². The first-order valence-electron chi connectivity index (χ1n) is 6.13. The second kappa shape index (κ2) is 6.53. The zero-order valence-corrected chi connectivity index (χ0v) is 12.3. The second-order valence-electron chi connectivity index (χ2n) is 4.34. The molecule has 0 aliphatic rings. The lowest BCUT2D eigenvalue weighted by Gasteiger charge is -2.05. The molecule has 0 unspecified atom stereocenters. The van der Waals surface area contributed by atoms with Crippen LogP contribution in [-0.4, -0.2) is 21.1 Å². The molecule has 1 aromatic heterocycles. The van der Waals surface area contributed by atoms with Gasteiger partial charge in [-0.1, -0.05) is 6.07 Å². The molecule has 21 heavy (non-hydrogen) atoms. The van der Waals surface area contributed by atoms with E-state index in [9.17, 15) is 14.0 Å². The fourth-order valence-electron chi connectivity index (χ4n) is 1.73. The van der Waals surface area contributed by atoms with Crippen LogP contribution in [0.5, 0.6) is 5.75 Å². The van der Waals surface area contributed by atoms with Gasteiger partial charge in [0.2, 0.25) is 0 Å². The number of hydrogen-bond donors (Lipinski definition) is 1. The van der Waals surface area contributed by atoms with Crippen molar-refractivity contribution in [2.45, 2.75) is 25.4 Å². The van der Waals surface area contributed by atoms with Crippen molar-refractivity contribution >= 4 is 22.8 Å². The topological polar surface area (TPSA) is 72.0 Å². The van der Waals surface area contributed by atoms with Crippen LogP contribution in [-0.2, 0) is 16.0 Å². The number of nitrogens with zero attached hydrogens (tertiary/aromatic N) is 1. The van der Waals surface area contributed by atoms with Gasteiger partial charge in [-0.25, -0.2) is 9.37 Å². The summed E-state index contributed by atoms with van der Waals surface area (Å²) in [5.41, 5.74) is 1.46. The molecule has 0 saturated heterocycles. The molecule has 2 rings (SSSR count). The predicted molar refractivity (Wildman–Crippen MR) is 75.6 cm³/mol. The van der Waals surface area contributed by atoms with Crippen molar-refractivity contribution in [2.75, 3.05) is 0 Å². The van der Waals surface area contributed by atoms with Gasteiger partial charge >= 0.3 is 5.97 Å². The SMILES string of the molecule is CC(=O)Oc1ccc(Cc2cnc(SC(C)=O)[nH]2)cc1F. The number of aromatic amines is 1. The molecule has 0 fully saturated rings. The van der Waals surface area contributed by atoms with E-state index in [2.05, 4.69) is 9.97 Å². The molecule has 1 aromatic carbocycles. The number of rotatable bonds is 4. The van der Waals surface area contributed by atoms with Gasteiger partial charge in [0.25, 0.3) is 0 Å². The number of halogens is 1. The highest BCUT2D eigenvalue weighted by atomic mass is 32.2. The molecule has 2 aromatic rings. The molecule has 0 spiro atoms. The second-order valence-corrected chi connectivity index (χ2v) is 5.51. The molecule has 0 amide bonds. The summed E-state index contributed by atoms with van der Waals surface area (Å²) in [5, 5.41) is 0.446. The first-order valence-corrected chi connectivity index (χ1v) is 6.95. The Kier molecular flexibility index (Phi) is 4.74. The van der Waals surface area contributed by atoms with Gasteiger partial charge in [0.05, 0.1) is 0 Å². The van der Waals surface area contributed by atoms with E-state index in [1.807, 2.05) is 0 Å². The van der Waals surface area contributed by atoms with Gasteiger partial charge < -0.3 is 9.72 Å². The Morgan fingerprint density at radius 2 is 2.14 bits per heavy atom. The standard InChI is InChI=1S/C14H13FN2O3S/c1-8(18)20-13-4-3-10(6-12(13)15)5-11-7-16-14(17-11)21-9(2)19/h3-4,6-7H,5H2,1-2H3,(H,16,17). The van der Waals surface area contributed by atoms with Gasteiger partial charge in [-0.3, -0.25) is 9.59 Å². The van der Waals surface area contributed by atoms with E-state index in [4.69, 9.17) is 4.74 Å². The summed E-state index contributed by atoms with van der Waals surface area (Å²) in [5.74, 6) is -1.26. The third-order valence-electron chi connectivity index (χ3n) is 2.49. The first-order chi connectivity index (χ1) is 9.94. The van der Waals surface area contributed by atoms with Crippen LogP contribution < -0.4 is 4.74 Å². The Bertz CT molecular complexity index is 685. The zero-order chi connectivity index (χ0) is 15.4. The quantitative estimate of drug-likeness (QED) is 0.534. The molecule has 0 atom stereocenters. The van der Waals surface area contributed by atoms with E-state index in [1.54, 1.807) is 12.3 Å². The van der Waals surface area contributed by atoms with Crippen molar-refractivity contribution in [3.63, 3.8) is 0 Å². The third kappa shape index (κ3) is 4.42. The van der Waals surface area contributed by atoms with Crippen LogP contribution in [0.15, 0.2) is 29.6 Å². The molecule has 1 N–H and O–H groups in total. The van der Waals surface area contributed by atoms with Crippen molar-refractivity contribution in [1.82, 2.24) is 9.97 Å². The van der Waals surface area contributed by atoms with Crippen LogP contribution in [0.1, 0.15) is 25.1 Å². The number of aromatic nitrogens is 2. The van der Waals surface area contributed by atoms with Crippen LogP contribution in [0.3, 0.4) is 0 Å². The summed E-state index contributed by atoms with van der Waals surface area (Å²) in [6, 6.07) is 4.38. The number of hydrogen-bond acceptors (Lipinski definition) is 5. The fourth-order valence-corrected chi connectivity index (χ4v) is 2.29. The summed E-state index contributed by atoms with van der Waals surface area (Å²) in [6.07, 6.45) is 2.03. The summed E-state index contributed by atoms with van der Waals surface area (Å²) in [7, 11) is 0. The number of esters is 1. The number of thioether (sulfide) groups is 1. The van der Waals surface area contributed by atoms with Crippen LogP contribution in [0.4, 0.5) is 4.39 Å². The Balaban J connectivity index is 2.09. The van der Waals surface area contributed by atoms with E-state index in [1.165, 1.54) is 26.0 Å². The maximum Gasteiger partial charge on any atom is 0.308 e. The molecule has 5 nitrogen and oxygen atoms in total. The number of ether oxygens (including phenoxy) is 1. The smallest absolute Gasteiger partial charge is 0.308 e. The van der Waals surface area contributed by atoms with Crippen LogP contribution in [0.2, 0.25) is 0 Å². The summed E-state index contributed by atoms with van der Waals surface area (Å²) >= 11 is 1.01. The maximum atomic E-state index is 13.7. The Labute approximate surface area is 124 Å². The number of carbonyl (C=O) groups excluding carboxylic acids is 2. The molecular weight excluding hydrogens is 295 g/mol. The molecule has 0 aliphatic heterocycles. The number of benzene rings is 1. The van der Waals surface area contributed by atoms with Crippen molar-refractivity contribution in [3.8, 4) is 5.75 Å². The molecule has 0 radical (unpaired) electrons. The normalized spacial score (nSPS) is 10.4. The Morgan fingerprint density at radius 1 is 1.38 bits per heavy atom. The number of nitrogens with one attached hydrogen (secondary N) is 1. The minimum atomic E-state index is -0.597. The van der Waals surface area contributed by atoms with Crippen molar-refractivity contribution in [2.24, 2.45) is 0 Å². The molecule has 0 bridgehead atoms. The van der Waals surface area contributed by atoms with Gasteiger partial charge in [0.15, 0.2) is 21.8 Å². The number of imidazole rings is 1. The van der Waals surface area contributed by atoms with Crippen LogP contribution >= 0.6 is 11.8 Å². The third-order valence-corrected chi connectivity index (χ3v) is 3.18. The highest BCUT2D eigenvalue weighted by Crippen LogP contribution is 2.21. The van der Waals surface area contributed by atoms with Gasteiger partial charge in [-0.05, 0) is 29.5 Å². The minimum absolute atomic E-state index is 0.0623. The highest BCUT2D eigenvalue weighted by molar-refractivity contribution is 8.13. The first kappa shape index (κ1) is 15.2. The van der Waals surface area contributed by atoms with Crippen LogP contribution in [0, 0.1) is 5.82 Å². The van der Waals surface area contributed by atoms with Crippen molar-refractivity contribution in [1.29, 1.82) is 0 Å². The lowest BCUT2D eigenvalue weighted by molar-refractivity contribution is -0.132. The van der Waals surface area contributed by atoms with Gasteiger partial charge in [0, 0.05) is 32.2 Å². The van der Waals surface area contributed by atoms with Crippen LogP contribution in [0.25, 0.3) is 0 Å². The predicted octanol–water partition coefficient (Wildman–Crippen LogP) is 2.70. The molecule has 1 heterocycles. The fraction of sp³-hybridized carbons (Fsp3) is 0.214. The zero-order valence-electron chi connectivity index (χ0n) is 11.5. The van der Waals surface area contributed by atoms with E-state index < -0.39 is 11.8 Å². The Hall–Kier alpha value is -2.15. The molecule has 0 aliphatic carbocycles. The summed E-state index contributed by atoms with van der Waals surface area (Å²) < 4.78 is 18.5. The Morgan fingerprint density at radius 3 is 2.76 bits per heavy atom. The summed E-state index contributed by atoms with van der Waals surface area (Å²) in [6.45, 7) is 2.67. The summed E-state index contributed by atoms with van der Waals surface area (Å²) in [4.78, 5) is 28.8. The van der Waals surface area contributed by atoms with Gasteiger partial charge in [-0.2, -0.15) is 0 Å². The monoisotopic (exact) mass is 308 g/mol. The van der Waals surface area contributed by atoms with E-state index in [0.29, 0.717) is 17.1 Å².